The standard InChI is InChI=1S/C13H18NO.Rb/c1-14-9-5-8-13(14)11-15-10-12-6-3-2-4-7-12;/h2-4,6-8,13H,5,9-11H2,1H3;/q-1;+1. The van der Waals surface area contributed by atoms with Gasteiger partial charge in [0, 0.05) is 6.61 Å². The molecule has 0 bridgehead atoms. The first-order chi connectivity index (χ1) is 7.36. The van der Waals surface area contributed by atoms with Gasteiger partial charge in [-0.1, -0.05) is 36.4 Å². The second-order valence-corrected chi connectivity index (χ2v) is 4.07. The fourth-order valence-electron chi connectivity index (χ4n) is 1.88. The van der Waals surface area contributed by atoms with E-state index in [9.17, 15) is 0 Å². The molecule has 1 fully saturated rings. The number of hydrogen-bond donors (Lipinski definition) is 0. The van der Waals surface area contributed by atoms with Crippen molar-refractivity contribution in [1.82, 2.24) is 4.90 Å². The Hall–Kier alpha value is 0.945. The zero-order chi connectivity index (χ0) is 10.5. The minimum Gasteiger partial charge on any atom is -0.378 e. The largest absolute Gasteiger partial charge is 1.00 e. The molecule has 1 saturated heterocycles. The molecular formula is C13H18NORb. The molecule has 3 heteroatoms. The van der Waals surface area contributed by atoms with E-state index < -0.39 is 0 Å². The van der Waals surface area contributed by atoms with Gasteiger partial charge in [0.1, 0.15) is 0 Å². The van der Waals surface area contributed by atoms with E-state index in [0.717, 1.165) is 13.2 Å². The van der Waals surface area contributed by atoms with Crippen LogP contribution in [0.1, 0.15) is 12.0 Å². The van der Waals surface area contributed by atoms with Crippen molar-refractivity contribution in [2.75, 3.05) is 20.2 Å². The van der Waals surface area contributed by atoms with Crippen LogP contribution >= 0.6 is 0 Å². The van der Waals surface area contributed by atoms with Gasteiger partial charge in [0.2, 0.25) is 0 Å². The molecule has 1 unspecified atom stereocenters. The first kappa shape index (κ1) is 15.0. The van der Waals surface area contributed by atoms with Crippen LogP contribution < -0.4 is 58.2 Å². The molecule has 0 aliphatic carbocycles. The molecular weight excluding hydrogens is 272 g/mol. The normalized spacial score (nSPS) is 20.7. The van der Waals surface area contributed by atoms with Crippen LogP contribution in [0.25, 0.3) is 0 Å². The fraction of sp³-hybridized carbons (Fsp3) is 0.462. The summed E-state index contributed by atoms with van der Waals surface area (Å²) >= 11 is 0. The van der Waals surface area contributed by atoms with Crippen molar-refractivity contribution < 1.29 is 62.9 Å². The Labute approximate surface area is 147 Å². The molecule has 0 N–H and O–H groups in total. The van der Waals surface area contributed by atoms with Gasteiger partial charge in [-0.2, -0.15) is 6.42 Å². The van der Waals surface area contributed by atoms with Crippen molar-refractivity contribution in [2.45, 2.75) is 19.1 Å². The van der Waals surface area contributed by atoms with Gasteiger partial charge >= 0.3 is 58.2 Å². The minimum absolute atomic E-state index is 0. The van der Waals surface area contributed by atoms with E-state index >= 15 is 0 Å². The summed E-state index contributed by atoms with van der Waals surface area (Å²) in [5, 5.41) is 0. The van der Waals surface area contributed by atoms with E-state index in [1.807, 2.05) is 18.2 Å². The first-order valence-electron chi connectivity index (χ1n) is 5.51. The van der Waals surface area contributed by atoms with Crippen LogP contribution in [0, 0.1) is 6.42 Å². The Morgan fingerprint density at radius 1 is 1.38 bits per heavy atom. The molecule has 0 amide bonds. The molecule has 16 heavy (non-hydrogen) atoms. The van der Waals surface area contributed by atoms with Crippen molar-refractivity contribution in [3.63, 3.8) is 0 Å². The molecule has 1 aliphatic rings. The average molecular weight is 290 g/mol. The van der Waals surface area contributed by atoms with Crippen LogP contribution in [-0.2, 0) is 11.3 Å². The Kier molecular flexibility index (Phi) is 7.61. The summed E-state index contributed by atoms with van der Waals surface area (Å²) in [5.41, 5.74) is 1.25. The Bertz CT molecular complexity index is 291. The number of nitrogens with zero attached hydrogens (tertiary/aromatic N) is 1. The molecule has 1 aliphatic heterocycles. The molecule has 82 valence electrons. The van der Waals surface area contributed by atoms with E-state index in [1.165, 1.54) is 18.5 Å². The van der Waals surface area contributed by atoms with Gasteiger partial charge in [0.05, 0.1) is 6.61 Å². The maximum atomic E-state index is 5.70. The van der Waals surface area contributed by atoms with Crippen LogP contribution in [0.15, 0.2) is 30.3 Å². The molecule has 0 aromatic heterocycles. The summed E-state index contributed by atoms with van der Waals surface area (Å²) < 4.78 is 5.70. The second-order valence-electron chi connectivity index (χ2n) is 4.07. The van der Waals surface area contributed by atoms with Crippen molar-refractivity contribution in [3.8, 4) is 0 Å². The van der Waals surface area contributed by atoms with Crippen molar-refractivity contribution >= 4 is 0 Å². The zero-order valence-corrected chi connectivity index (χ0v) is 15.1. The maximum absolute atomic E-state index is 5.70. The predicted molar refractivity (Wildman–Crippen MR) is 61.4 cm³/mol. The summed E-state index contributed by atoms with van der Waals surface area (Å²) in [5.74, 6) is 0. The van der Waals surface area contributed by atoms with Crippen LogP contribution in [0.5, 0.6) is 0 Å². The van der Waals surface area contributed by atoms with Crippen LogP contribution in [0.4, 0.5) is 0 Å². The van der Waals surface area contributed by atoms with E-state index in [0.29, 0.717) is 6.04 Å². The Balaban J connectivity index is 0.00000128. The molecule has 2 rings (SSSR count). The summed E-state index contributed by atoms with van der Waals surface area (Å²) in [6.45, 7) is 2.70. The third kappa shape index (κ3) is 4.67. The van der Waals surface area contributed by atoms with Crippen LogP contribution in [0.2, 0.25) is 0 Å². The molecule has 1 heterocycles. The molecule has 1 aromatic carbocycles. The maximum Gasteiger partial charge on any atom is 1.00 e. The quantitative estimate of drug-likeness (QED) is 0.667. The average Bonchev–Trinajstić information content (AvgIpc) is 2.66. The summed E-state index contributed by atoms with van der Waals surface area (Å²) in [4.78, 5) is 2.34. The third-order valence-corrected chi connectivity index (χ3v) is 2.89. The van der Waals surface area contributed by atoms with Gasteiger partial charge in [0.25, 0.3) is 0 Å². The minimum atomic E-state index is 0. The van der Waals surface area contributed by atoms with Gasteiger partial charge in [-0.25, -0.2) is 0 Å². The Morgan fingerprint density at radius 2 is 2.12 bits per heavy atom. The Morgan fingerprint density at radius 3 is 2.75 bits per heavy atom. The fourth-order valence-corrected chi connectivity index (χ4v) is 1.88. The number of benzene rings is 1. The number of hydrogen-bond acceptors (Lipinski definition) is 2. The van der Waals surface area contributed by atoms with Gasteiger partial charge in [-0.3, -0.25) is 0 Å². The molecule has 1 aromatic rings. The number of ether oxygens (including phenoxy) is 1. The summed E-state index contributed by atoms with van der Waals surface area (Å²) in [6, 6.07) is 10.8. The molecule has 0 spiro atoms. The monoisotopic (exact) mass is 289 g/mol. The van der Waals surface area contributed by atoms with Gasteiger partial charge in [0.15, 0.2) is 0 Å². The van der Waals surface area contributed by atoms with E-state index in [4.69, 9.17) is 4.74 Å². The number of likely N-dealkylation sites (tertiary alicyclic amines) is 1. The van der Waals surface area contributed by atoms with E-state index in [2.05, 4.69) is 30.5 Å². The van der Waals surface area contributed by atoms with Crippen molar-refractivity contribution in [3.05, 3.63) is 42.3 Å². The van der Waals surface area contributed by atoms with Crippen molar-refractivity contribution in [1.29, 1.82) is 0 Å². The summed E-state index contributed by atoms with van der Waals surface area (Å²) in [6.07, 6.45) is 3.53. The smallest absolute Gasteiger partial charge is 0.378 e. The molecule has 0 saturated carbocycles. The van der Waals surface area contributed by atoms with E-state index in [1.54, 1.807) is 0 Å². The molecule has 1 atom stereocenters. The number of rotatable bonds is 4. The van der Waals surface area contributed by atoms with E-state index in [-0.39, 0.29) is 58.2 Å². The van der Waals surface area contributed by atoms with Gasteiger partial charge in [-0.05, 0) is 19.2 Å². The first-order valence-corrected chi connectivity index (χ1v) is 5.51. The topological polar surface area (TPSA) is 12.5 Å². The number of likely N-dealkylation sites (N-methyl/N-ethyl adjacent to an activating group) is 1. The SMILES string of the molecule is CN1CC[CH-]C1COCc1ccccc1.[Rb+]. The van der Waals surface area contributed by atoms with Crippen LogP contribution in [0.3, 0.4) is 0 Å². The van der Waals surface area contributed by atoms with Crippen LogP contribution in [-0.4, -0.2) is 31.1 Å². The second kappa shape index (κ2) is 8.12. The van der Waals surface area contributed by atoms with Crippen molar-refractivity contribution in [2.24, 2.45) is 0 Å². The third-order valence-electron chi connectivity index (χ3n) is 2.89. The molecule has 0 radical (unpaired) electrons. The molecule has 2 nitrogen and oxygen atoms in total. The van der Waals surface area contributed by atoms with Gasteiger partial charge < -0.3 is 16.1 Å². The van der Waals surface area contributed by atoms with Gasteiger partial charge in [-0.15, -0.1) is 0 Å². The zero-order valence-electron chi connectivity index (χ0n) is 10.2. The predicted octanol–water partition coefficient (Wildman–Crippen LogP) is -0.884. The summed E-state index contributed by atoms with van der Waals surface area (Å²) in [7, 11) is 2.15.